The number of ether oxygens (including phenoxy) is 1. The van der Waals surface area contributed by atoms with Crippen LogP contribution in [0.3, 0.4) is 0 Å². The number of aromatic nitrogens is 1. The molecule has 2 amide bonds. The number of carbonyl (C=O) groups is 2. The van der Waals surface area contributed by atoms with Gasteiger partial charge in [-0.05, 0) is 36.2 Å². The highest BCUT2D eigenvalue weighted by Crippen LogP contribution is 2.35. The Bertz CT molecular complexity index is 1190. The first-order valence-corrected chi connectivity index (χ1v) is 9.95. The third-order valence-electron chi connectivity index (χ3n) is 5.28. The molecule has 1 unspecified atom stereocenters. The van der Waals surface area contributed by atoms with Crippen LogP contribution in [0.5, 0.6) is 5.75 Å². The standard InChI is InChI=1S/C21H19ClN4O5/c1-31-19-9-14(26(29)30)3-5-18(19)25-20(27)10-17(21(25)28)23-7-6-12-11-24-16-4-2-13(22)8-15(12)16/h2-5,8-9,11,17,23-24H,6-7,10H2,1H3. The van der Waals surface area contributed by atoms with Crippen molar-refractivity contribution < 1.29 is 19.2 Å². The molecule has 2 heterocycles. The summed E-state index contributed by atoms with van der Waals surface area (Å²) < 4.78 is 5.18. The molecule has 1 saturated heterocycles. The molecule has 4 rings (SSSR count). The SMILES string of the molecule is COc1cc([N+](=O)[O-])ccc1N1C(=O)CC(NCCc2c[nH]c3ccc(Cl)cc23)C1=O. The van der Waals surface area contributed by atoms with E-state index in [0.717, 1.165) is 21.4 Å². The largest absolute Gasteiger partial charge is 0.494 e. The fourth-order valence-electron chi connectivity index (χ4n) is 3.75. The average molecular weight is 443 g/mol. The first kappa shape index (κ1) is 20.8. The summed E-state index contributed by atoms with van der Waals surface area (Å²) in [6, 6.07) is 8.71. The van der Waals surface area contributed by atoms with Crippen molar-refractivity contribution in [2.75, 3.05) is 18.6 Å². The van der Waals surface area contributed by atoms with Crippen LogP contribution < -0.4 is 15.0 Å². The number of nitro benzene ring substituents is 1. The number of carbonyl (C=O) groups excluding carboxylic acids is 2. The molecule has 10 heteroatoms. The quantitative estimate of drug-likeness (QED) is 0.329. The lowest BCUT2D eigenvalue weighted by atomic mass is 10.1. The molecule has 1 aliphatic rings. The van der Waals surface area contributed by atoms with E-state index in [2.05, 4.69) is 10.3 Å². The average Bonchev–Trinajstić information content (AvgIpc) is 3.27. The molecule has 2 aromatic carbocycles. The van der Waals surface area contributed by atoms with E-state index < -0.39 is 22.8 Å². The van der Waals surface area contributed by atoms with Crippen molar-refractivity contribution >= 4 is 45.7 Å². The first-order chi connectivity index (χ1) is 14.9. The van der Waals surface area contributed by atoms with Crippen LogP contribution in [-0.2, 0) is 16.0 Å². The van der Waals surface area contributed by atoms with E-state index in [1.807, 2.05) is 24.4 Å². The number of benzene rings is 2. The van der Waals surface area contributed by atoms with Crippen molar-refractivity contribution in [1.29, 1.82) is 0 Å². The van der Waals surface area contributed by atoms with E-state index >= 15 is 0 Å². The van der Waals surface area contributed by atoms with Gasteiger partial charge in [0.05, 0.1) is 36.2 Å². The van der Waals surface area contributed by atoms with Crippen molar-refractivity contribution in [3.05, 3.63) is 63.3 Å². The number of nitrogens with zero attached hydrogens (tertiary/aromatic N) is 2. The Kier molecular flexibility index (Phi) is 5.62. The molecule has 0 radical (unpaired) electrons. The van der Waals surface area contributed by atoms with E-state index in [4.69, 9.17) is 16.3 Å². The van der Waals surface area contributed by atoms with Crippen molar-refractivity contribution in [3.8, 4) is 5.75 Å². The lowest BCUT2D eigenvalue weighted by Crippen LogP contribution is -2.39. The Morgan fingerprint density at radius 3 is 2.84 bits per heavy atom. The van der Waals surface area contributed by atoms with Gasteiger partial charge in [-0.25, -0.2) is 4.90 Å². The monoisotopic (exact) mass is 442 g/mol. The van der Waals surface area contributed by atoms with Gasteiger partial charge >= 0.3 is 0 Å². The van der Waals surface area contributed by atoms with Crippen LogP contribution in [0.25, 0.3) is 10.9 Å². The number of rotatable bonds is 7. The highest BCUT2D eigenvalue weighted by molar-refractivity contribution is 6.31. The Labute approximate surface area is 182 Å². The minimum absolute atomic E-state index is 0.00130. The fourth-order valence-corrected chi connectivity index (χ4v) is 3.92. The first-order valence-electron chi connectivity index (χ1n) is 9.57. The summed E-state index contributed by atoms with van der Waals surface area (Å²) in [5, 5.41) is 15.8. The normalized spacial score (nSPS) is 16.3. The molecule has 0 spiro atoms. The molecule has 1 aliphatic heterocycles. The van der Waals surface area contributed by atoms with Crippen LogP contribution in [0.2, 0.25) is 5.02 Å². The highest BCUT2D eigenvalue weighted by atomic mass is 35.5. The predicted octanol–water partition coefficient (Wildman–Crippen LogP) is 3.20. The number of halogens is 1. The molecule has 3 aromatic rings. The van der Waals surface area contributed by atoms with Crippen LogP contribution in [0.1, 0.15) is 12.0 Å². The van der Waals surface area contributed by atoms with Gasteiger partial charge in [0, 0.05) is 34.7 Å². The maximum atomic E-state index is 12.9. The van der Waals surface area contributed by atoms with E-state index in [1.54, 1.807) is 0 Å². The number of fused-ring (bicyclic) bond motifs is 1. The van der Waals surface area contributed by atoms with Gasteiger partial charge in [-0.1, -0.05) is 11.6 Å². The lowest BCUT2D eigenvalue weighted by Gasteiger charge is -2.18. The van der Waals surface area contributed by atoms with E-state index in [-0.39, 0.29) is 23.5 Å². The Hall–Kier alpha value is -3.43. The predicted molar refractivity (Wildman–Crippen MR) is 116 cm³/mol. The molecule has 1 atom stereocenters. The number of hydrogen-bond donors (Lipinski definition) is 2. The van der Waals surface area contributed by atoms with Gasteiger partial charge in [-0.15, -0.1) is 0 Å². The van der Waals surface area contributed by atoms with Crippen LogP contribution >= 0.6 is 11.6 Å². The van der Waals surface area contributed by atoms with Gasteiger partial charge in [-0.3, -0.25) is 19.7 Å². The summed E-state index contributed by atoms with van der Waals surface area (Å²) in [4.78, 5) is 40.0. The highest BCUT2D eigenvalue weighted by Gasteiger charge is 2.40. The maximum absolute atomic E-state index is 12.9. The minimum atomic E-state index is -0.679. The van der Waals surface area contributed by atoms with Crippen LogP contribution in [0, 0.1) is 10.1 Å². The number of methoxy groups -OCH3 is 1. The number of aromatic amines is 1. The Morgan fingerprint density at radius 2 is 2.10 bits per heavy atom. The zero-order valence-electron chi connectivity index (χ0n) is 16.6. The number of nitro groups is 1. The van der Waals surface area contributed by atoms with Gasteiger partial charge in [0.25, 0.3) is 11.6 Å². The molecule has 0 saturated carbocycles. The topological polar surface area (TPSA) is 118 Å². The smallest absolute Gasteiger partial charge is 0.273 e. The van der Waals surface area contributed by atoms with Crippen molar-refractivity contribution in [3.63, 3.8) is 0 Å². The van der Waals surface area contributed by atoms with Crippen LogP contribution in [-0.4, -0.2) is 41.4 Å². The molecule has 9 nitrogen and oxygen atoms in total. The second-order valence-electron chi connectivity index (χ2n) is 7.15. The summed E-state index contributed by atoms with van der Waals surface area (Å²) in [7, 11) is 1.33. The van der Waals surface area contributed by atoms with Crippen molar-refractivity contribution in [1.82, 2.24) is 10.3 Å². The molecular weight excluding hydrogens is 424 g/mol. The maximum Gasteiger partial charge on any atom is 0.273 e. The van der Waals surface area contributed by atoms with Crippen LogP contribution in [0.15, 0.2) is 42.6 Å². The molecule has 31 heavy (non-hydrogen) atoms. The minimum Gasteiger partial charge on any atom is -0.494 e. The van der Waals surface area contributed by atoms with E-state index in [0.29, 0.717) is 18.0 Å². The number of nitrogens with one attached hydrogen (secondary N) is 2. The van der Waals surface area contributed by atoms with Crippen LogP contribution in [0.4, 0.5) is 11.4 Å². The summed E-state index contributed by atoms with van der Waals surface area (Å²) in [5.74, 6) is -0.722. The fraction of sp³-hybridized carbons (Fsp3) is 0.238. The van der Waals surface area contributed by atoms with Gasteiger partial charge in [-0.2, -0.15) is 0 Å². The molecule has 160 valence electrons. The molecule has 0 bridgehead atoms. The van der Waals surface area contributed by atoms with Crippen molar-refractivity contribution in [2.45, 2.75) is 18.9 Å². The molecule has 1 aromatic heterocycles. The van der Waals surface area contributed by atoms with E-state index in [1.165, 1.54) is 25.3 Å². The molecule has 1 fully saturated rings. The number of non-ortho nitro benzene ring substituents is 1. The summed E-state index contributed by atoms with van der Waals surface area (Å²) in [5.41, 5.74) is 2.03. The molecule has 0 aliphatic carbocycles. The third-order valence-corrected chi connectivity index (χ3v) is 5.51. The number of anilines is 1. The number of imide groups is 1. The number of amides is 2. The number of H-pyrrole nitrogens is 1. The van der Waals surface area contributed by atoms with E-state index in [9.17, 15) is 19.7 Å². The van der Waals surface area contributed by atoms with Gasteiger partial charge in [0.1, 0.15) is 5.75 Å². The lowest BCUT2D eigenvalue weighted by molar-refractivity contribution is -0.384. The molecular formula is C21H19ClN4O5. The second kappa shape index (κ2) is 8.37. The van der Waals surface area contributed by atoms with Crippen molar-refractivity contribution in [2.24, 2.45) is 0 Å². The Balaban J connectivity index is 1.46. The summed E-state index contributed by atoms with van der Waals surface area (Å²) >= 11 is 6.08. The van der Waals surface area contributed by atoms with Gasteiger partial charge in [0.15, 0.2) is 0 Å². The Morgan fingerprint density at radius 1 is 1.29 bits per heavy atom. The zero-order chi connectivity index (χ0) is 22.1. The number of hydrogen-bond acceptors (Lipinski definition) is 6. The summed E-state index contributed by atoms with van der Waals surface area (Å²) in [6.45, 7) is 0.481. The summed E-state index contributed by atoms with van der Waals surface area (Å²) in [6.07, 6.45) is 2.54. The van der Waals surface area contributed by atoms with Gasteiger partial charge in [0.2, 0.25) is 5.91 Å². The van der Waals surface area contributed by atoms with Gasteiger partial charge < -0.3 is 15.0 Å². The molecule has 2 N–H and O–H groups in total. The second-order valence-corrected chi connectivity index (χ2v) is 7.58. The zero-order valence-corrected chi connectivity index (χ0v) is 17.3. The third kappa shape index (κ3) is 3.97.